The number of benzene rings is 4. The van der Waals surface area contributed by atoms with Gasteiger partial charge in [-0.15, -0.1) is 0 Å². The van der Waals surface area contributed by atoms with E-state index in [2.05, 4.69) is 119 Å². The Morgan fingerprint density at radius 3 is 1.29 bits per heavy atom. The van der Waals surface area contributed by atoms with Gasteiger partial charge < -0.3 is 4.74 Å². The molecule has 1 fully saturated rings. The van der Waals surface area contributed by atoms with E-state index in [-0.39, 0.29) is 5.41 Å². The molecule has 0 saturated carbocycles. The molecule has 202 valence electrons. The first-order valence-corrected chi connectivity index (χ1v) is 14.7. The summed E-state index contributed by atoms with van der Waals surface area (Å²) in [6, 6.07) is 40.2. The average molecular weight is 543 g/mol. The van der Waals surface area contributed by atoms with E-state index in [9.17, 15) is 0 Å². The lowest BCUT2D eigenvalue weighted by Crippen LogP contribution is -2.26. The molecule has 3 nitrogen and oxygen atoms in total. The van der Waals surface area contributed by atoms with Gasteiger partial charge in [-0.25, -0.2) is 0 Å². The van der Waals surface area contributed by atoms with Crippen molar-refractivity contribution in [1.29, 1.82) is 0 Å². The van der Waals surface area contributed by atoms with E-state index in [1.54, 1.807) is 0 Å². The minimum atomic E-state index is -0.371. The van der Waals surface area contributed by atoms with Crippen LogP contribution in [0.2, 0.25) is 0 Å². The van der Waals surface area contributed by atoms with Gasteiger partial charge >= 0.3 is 0 Å². The Labute approximate surface area is 246 Å². The second-order valence-corrected chi connectivity index (χ2v) is 11.2. The summed E-state index contributed by atoms with van der Waals surface area (Å²) in [5, 5.41) is 0. The molecule has 42 heavy (non-hydrogen) atoms. The van der Waals surface area contributed by atoms with Crippen molar-refractivity contribution in [3.05, 3.63) is 156 Å². The smallest absolute Gasteiger partial charge is 0.0725 e. The zero-order valence-electron chi connectivity index (χ0n) is 23.3. The lowest BCUT2D eigenvalue weighted by atomic mass is 9.70. The summed E-state index contributed by atoms with van der Waals surface area (Å²) in [6.45, 7) is 2.00. The van der Waals surface area contributed by atoms with Crippen LogP contribution in [0, 0.1) is 0 Å². The number of hydrogen-bond acceptors (Lipinski definition) is 3. The molecule has 3 heteroatoms. The summed E-state index contributed by atoms with van der Waals surface area (Å²) in [4.78, 5) is 8.48. The number of hydrogen-bond donors (Lipinski definition) is 0. The molecule has 6 aromatic rings. The summed E-state index contributed by atoms with van der Waals surface area (Å²) >= 11 is 0. The van der Waals surface area contributed by atoms with Crippen molar-refractivity contribution in [1.82, 2.24) is 9.97 Å². The van der Waals surface area contributed by atoms with Crippen molar-refractivity contribution in [3.63, 3.8) is 0 Å². The van der Waals surface area contributed by atoms with E-state index in [0.29, 0.717) is 0 Å². The molecule has 4 aromatic carbocycles. The van der Waals surface area contributed by atoms with Gasteiger partial charge in [-0.05, 0) is 116 Å². The standard InChI is InChI=1S/C35H22N2.C4H8O/c1-3-7-31-27(5-1)29-11-9-25(23-13-17-36-18-14-23)21-33(29)35(31)32-8-4-2-6-28(32)30-12-10-26(22-34(30)35)24-15-19-37-20-16-24;1-2-4-5-3-1/h1-22H;1-4H2. The predicted molar refractivity (Wildman–Crippen MR) is 169 cm³/mol. The minimum Gasteiger partial charge on any atom is -0.381 e. The molecule has 1 aliphatic heterocycles. The Morgan fingerprint density at radius 2 is 0.857 bits per heavy atom. The number of aromatic nitrogens is 2. The number of fused-ring (bicyclic) bond motifs is 10. The first-order valence-electron chi connectivity index (χ1n) is 14.7. The predicted octanol–water partition coefficient (Wildman–Crippen LogP) is 8.95. The third kappa shape index (κ3) is 3.78. The Hall–Kier alpha value is -4.86. The molecule has 2 aromatic heterocycles. The fourth-order valence-corrected chi connectivity index (χ4v) is 7.10. The first-order chi connectivity index (χ1) is 20.9. The van der Waals surface area contributed by atoms with Crippen molar-refractivity contribution in [2.24, 2.45) is 0 Å². The van der Waals surface area contributed by atoms with Gasteiger partial charge in [0.2, 0.25) is 0 Å². The van der Waals surface area contributed by atoms with Gasteiger partial charge in [0.1, 0.15) is 0 Å². The van der Waals surface area contributed by atoms with Crippen LogP contribution in [-0.2, 0) is 10.2 Å². The van der Waals surface area contributed by atoms with E-state index in [0.717, 1.165) is 13.2 Å². The second-order valence-electron chi connectivity index (χ2n) is 11.2. The lowest BCUT2D eigenvalue weighted by molar-refractivity contribution is 0.198. The van der Waals surface area contributed by atoms with E-state index >= 15 is 0 Å². The van der Waals surface area contributed by atoms with Crippen molar-refractivity contribution in [2.75, 3.05) is 13.2 Å². The fourth-order valence-electron chi connectivity index (χ4n) is 7.10. The van der Waals surface area contributed by atoms with Crippen LogP contribution in [-0.4, -0.2) is 23.2 Å². The summed E-state index contributed by atoms with van der Waals surface area (Å²) < 4.78 is 4.94. The highest BCUT2D eigenvalue weighted by atomic mass is 16.5. The van der Waals surface area contributed by atoms with Crippen molar-refractivity contribution in [2.45, 2.75) is 18.3 Å². The molecule has 2 aliphatic carbocycles. The topological polar surface area (TPSA) is 35.0 Å². The Balaban J connectivity index is 0.000000486. The van der Waals surface area contributed by atoms with E-state index in [1.807, 2.05) is 24.8 Å². The molecule has 0 amide bonds. The van der Waals surface area contributed by atoms with Crippen molar-refractivity contribution in [3.8, 4) is 44.5 Å². The fraction of sp³-hybridized carbons (Fsp3) is 0.128. The maximum atomic E-state index is 4.94. The number of pyridine rings is 2. The van der Waals surface area contributed by atoms with E-state index in [4.69, 9.17) is 4.74 Å². The highest BCUT2D eigenvalue weighted by Crippen LogP contribution is 2.63. The maximum absolute atomic E-state index is 4.94. The maximum Gasteiger partial charge on any atom is 0.0725 e. The molecule has 0 radical (unpaired) electrons. The molecule has 0 N–H and O–H groups in total. The first kappa shape index (κ1) is 24.9. The lowest BCUT2D eigenvalue weighted by Gasteiger charge is -2.31. The Morgan fingerprint density at radius 1 is 0.429 bits per heavy atom. The molecule has 9 rings (SSSR count). The van der Waals surface area contributed by atoms with Crippen LogP contribution in [0.5, 0.6) is 0 Å². The number of rotatable bonds is 2. The SMILES string of the molecule is C1CCOC1.c1ccc2c(c1)-c1ccc(-c3ccncc3)cc1C21c2ccccc2-c2ccc(-c3ccncc3)cc21. The normalized spacial score (nSPS) is 14.9. The highest BCUT2D eigenvalue weighted by Gasteiger charge is 2.51. The van der Waals surface area contributed by atoms with E-state index < -0.39 is 0 Å². The molecule has 1 saturated heterocycles. The largest absolute Gasteiger partial charge is 0.381 e. The van der Waals surface area contributed by atoms with Crippen LogP contribution in [0.3, 0.4) is 0 Å². The van der Waals surface area contributed by atoms with Gasteiger partial charge in [-0.1, -0.05) is 72.8 Å². The zero-order chi connectivity index (χ0) is 27.9. The van der Waals surface area contributed by atoms with Gasteiger partial charge in [0.05, 0.1) is 5.41 Å². The molecular weight excluding hydrogens is 512 g/mol. The summed E-state index contributed by atoms with van der Waals surface area (Å²) in [6.07, 6.45) is 10.0. The number of nitrogens with zero attached hydrogens (tertiary/aromatic N) is 2. The Kier molecular flexibility index (Phi) is 6.05. The monoisotopic (exact) mass is 542 g/mol. The van der Waals surface area contributed by atoms with Gasteiger partial charge in [-0.3, -0.25) is 9.97 Å². The van der Waals surface area contributed by atoms with Crippen molar-refractivity contribution < 1.29 is 4.74 Å². The zero-order valence-corrected chi connectivity index (χ0v) is 23.3. The highest BCUT2D eigenvalue weighted by molar-refractivity contribution is 5.96. The van der Waals surface area contributed by atoms with Gasteiger partial charge in [0.25, 0.3) is 0 Å². The summed E-state index contributed by atoms with van der Waals surface area (Å²) in [5.41, 5.74) is 15.1. The van der Waals surface area contributed by atoms with Crippen LogP contribution in [0.15, 0.2) is 134 Å². The van der Waals surface area contributed by atoms with Crippen molar-refractivity contribution >= 4 is 0 Å². The van der Waals surface area contributed by atoms with Crippen LogP contribution in [0.25, 0.3) is 44.5 Å². The molecule has 1 spiro atoms. The molecule has 3 heterocycles. The third-order valence-electron chi connectivity index (χ3n) is 8.94. The van der Waals surface area contributed by atoms with Gasteiger partial charge in [-0.2, -0.15) is 0 Å². The molecule has 0 bridgehead atoms. The van der Waals surface area contributed by atoms with Crippen LogP contribution in [0.1, 0.15) is 35.1 Å². The quantitative estimate of drug-likeness (QED) is 0.219. The average Bonchev–Trinajstić information content (AvgIpc) is 3.81. The van der Waals surface area contributed by atoms with Crippen LogP contribution >= 0.6 is 0 Å². The molecule has 3 aliphatic rings. The van der Waals surface area contributed by atoms with Crippen LogP contribution < -0.4 is 0 Å². The van der Waals surface area contributed by atoms with Crippen LogP contribution in [0.4, 0.5) is 0 Å². The van der Waals surface area contributed by atoms with Gasteiger partial charge in [0, 0.05) is 38.0 Å². The number of ether oxygens (including phenoxy) is 1. The molecule has 0 unspecified atom stereocenters. The third-order valence-corrected chi connectivity index (χ3v) is 8.94. The minimum absolute atomic E-state index is 0.371. The van der Waals surface area contributed by atoms with E-state index in [1.165, 1.54) is 79.6 Å². The molecule has 0 atom stereocenters. The summed E-state index contributed by atoms with van der Waals surface area (Å²) in [5.74, 6) is 0. The van der Waals surface area contributed by atoms with Gasteiger partial charge in [0.15, 0.2) is 0 Å². The molecular formula is C39H30N2O. The summed E-state index contributed by atoms with van der Waals surface area (Å²) in [7, 11) is 0. The Bertz CT molecular complexity index is 1760. The second kappa shape index (κ2) is 10.2.